The van der Waals surface area contributed by atoms with Gasteiger partial charge in [0.05, 0.1) is 0 Å². The van der Waals surface area contributed by atoms with Crippen LogP contribution < -0.4 is 14.8 Å². The number of nitrogens with one attached hydrogen (secondary N) is 1. The van der Waals surface area contributed by atoms with Crippen molar-refractivity contribution in [3.8, 4) is 11.5 Å². The van der Waals surface area contributed by atoms with Gasteiger partial charge in [-0.05, 0) is 55.7 Å². The van der Waals surface area contributed by atoms with Crippen LogP contribution in [0, 0.1) is 13.8 Å². The monoisotopic (exact) mass is 283 g/mol. The van der Waals surface area contributed by atoms with Crippen molar-refractivity contribution in [2.75, 3.05) is 18.5 Å². The van der Waals surface area contributed by atoms with E-state index < -0.39 is 0 Å². The Kier molecular flexibility index (Phi) is 3.74. The Hall–Kier alpha value is -2.16. The highest BCUT2D eigenvalue weighted by molar-refractivity contribution is 5.54. The average molecular weight is 283 g/mol. The number of hydrogen-bond acceptors (Lipinski definition) is 3. The van der Waals surface area contributed by atoms with Gasteiger partial charge in [-0.25, -0.2) is 0 Å². The van der Waals surface area contributed by atoms with E-state index in [0.717, 1.165) is 11.5 Å². The summed E-state index contributed by atoms with van der Waals surface area (Å²) in [6.07, 6.45) is 0. The summed E-state index contributed by atoms with van der Waals surface area (Å²) >= 11 is 0. The lowest BCUT2D eigenvalue weighted by molar-refractivity contribution is 0.171. The van der Waals surface area contributed by atoms with Crippen LogP contribution in [0.2, 0.25) is 0 Å². The van der Waals surface area contributed by atoms with Crippen molar-refractivity contribution in [3.05, 3.63) is 53.1 Å². The van der Waals surface area contributed by atoms with E-state index in [0.29, 0.717) is 13.2 Å². The molecule has 2 aromatic carbocycles. The predicted octanol–water partition coefficient (Wildman–Crippen LogP) is 4.25. The second kappa shape index (κ2) is 5.68. The minimum atomic E-state index is 0.210. The summed E-state index contributed by atoms with van der Waals surface area (Å²) in [5, 5.41) is 3.58. The van der Waals surface area contributed by atoms with Crippen LogP contribution in [0.5, 0.6) is 11.5 Å². The first-order chi connectivity index (χ1) is 10.1. The van der Waals surface area contributed by atoms with E-state index in [1.165, 1.54) is 22.4 Å². The molecule has 1 aliphatic heterocycles. The molecule has 0 saturated heterocycles. The van der Waals surface area contributed by atoms with Crippen molar-refractivity contribution in [2.24, 2.45) is 0 Å². The highest BCUT2D eigenvalue weighted by Crippen LogP contribution is 2.33. The zero-order chi connectivity index (χ0) is 14.8. The summed E-state index contributed by atoms with van der Waals surface area (Å²) < 4.78 is 11.2. The maximum absolute atomic E-state index is 5.65. The second-order valence-electron chi connectivity index (χ2n) is 5.59. The van der Waals surface area contributed by atoms with Gasteiger partial charge >= 0.3 is 0 Å². The summed E-state index contributed by atoms with van der Waals surface area (Å²) in [5.41, 5.74) is 4.89. The van der Waals surface area contributed by atoms with Gasteiger partial charge in [0.25, 0.3) is 0 Å². The van der Waals surface area contributed by atoms with Crippen LogP contribution in [0.1, 0.15) is 29.7 Å². The zero-order valence-electron chi connectivity index (χ0n) is 12.8. The molecule has 1 aliphatic rings. The van der Waals surface area contributed by atoms with Gasteiger partial charge in [0, 0.05) is 11.7 Å². The van der Waals surface area contributed by atoms with Crippen molar-refractivity contribution in [1.82, 2.24) is 0 Å². The lowest BCUT2D eigenvalue weighted by Crippen LogP contribution is -2.16. The zero-order valence-corrected chi connectivity index (χ0v) is 12.8. The molecule has 0 saturated carbocycles. The van der Waals surface area contributed by atoms with Crippen molar-refractivity contribution < 1.29 is 9.47 Å². The molecule has 1 heterocycles. The first-order valence-electron chi connectivity index (χ1n) is 7.37. The molecule has 1 N–H and O–H groups in total. The van der Waals surface area contributed by atoms with Crippen LogP contribution in [0.3, 0.4) is 0 Å². The van der Waals surface area contributed by atoms with Crippen LogP contribution in [-0.2, 0) is 0 Å². The standard InChI is InChI=1S/C18H21NO2/c1-12-4-5-13(2)16(10-12)19-14(3)15-6-7-17-18(11-15)21-9-8-20-17/h4-7,10-11,14,19H,8-9H2,1-3H3. The van der Waals surface area contributed by atoms with Crippen molar-refractivity contribution in [3.63, 3.8) is 0 Å². The third-order valence-corrected chi connectivity index (χ3v) is 3.83. The van der Waals surface area contributed by atoms with E-state index in [-0.39, 0.29) is 6.04 Å². The summed E-state index contributed by atoms with van der Waals surface area (Å²) in [6.45, 7) is 7.64. The van der Waals surface area contributed by atoms with Crippen LogP contribution >= 0.6 is 0 Å². The molecule has 0 fully saturated rings. The number of aryl methyl sites for hydroxylation is 2. The summed E-state index contributed by atoms with van der Waals surface area (Å²) in [6, 6.07) is 12.8. The third kappa shape index (κ3) is 2.97. The van der Waals surface area contributed by atoms with E-state index in [1.54, 1.807) is 0 Å². The predicted molar refractivity (Wildman–Crippen MR) is 85.4 cm³/mol. The van der Waals surface area contributed by atoms with Crippen LogP contribution in [-0.4, -0.2) is 13.2 Å². The van der Waals surface area contributed by atoms with Gasteiger partial charge in [-0.1, -0.05) is 18.2 Å². The Balaban J connectivity index is 1.82. The summed E-state index contributed by atoms with van der Waals surface area (Å²) in [4.78, 5) is 0. The van der Waals surface area contributed by atoms with Crippen molar-refractivity contribution >= 4 is 5.69 Å². The maximum atomic E-state index is 5.65. The van der Waals surface area contributed by atoms with Crippen molar-refractivity contribution in [2.45, 2.75) is 26.8 Å². The first kappa shape index (κ1) is 13.8. The quantitative estimate of drug-likeness (QED) is 0.913. The van der Waals surface area contributed by atoms with Crippen LogP contribution in [0.25, 0.3) is 0 Å². The molecular formula is C18H21NO2. The highest BCUT2D eigenvalue weighted by atomic mass is 16.6. The smallest absolute Gasteiger partial charge is 0.161 e. The number of anilines is 1. The maximum Gasteiger partial charge on any atom is 0.161 e. The van der Waals surface area contributed by atoms with Crippen LogP contribution in [0.4, 0.5) is 5.69 Å². The van der Waals surface area contributed by atoms with E-state index in [4.69, 9.17) is 9.47 Å². The second-order valence-corrected chi connectivity index (χ2v) is 5.59. The van der Waals surface area contributed by atoms with Gasteiger partial charge in [0.15, 0.2) is 11.5 Å². The molecule has 3 rings (SSSR count). The largest absolute Gasteiger partial charge is 0.486 e. The van der Waals surface area contributed by atoms with Crippen molar-refractivity contribution in [1.29, 1.82) is 0 Å². The van der Waals surface area contributed by atoms with Gasteiger partial charge in [0.1, 0.15) is 13.2 Å². The summed E-state index contributed by atoms with van der Waals surface area (Å²) in [7, 11) is 0. The third-order valence-electron chi connectivity index (χ3n) is 3.83. The molecule has 1 unspecified atom stereocenters. The Morgan fingerprint density at radius 3 is 2.52 bits per heavy atom. The van der Waals surface area contributed by atoms with Gasteiger partial charge in [0.2, 0.25) is 0 Å². The first-order valence-corrected chi connectivity index (χ1v) is 7.37. The SMILES string of the molecule is Cc1ccc(C)c(NC(C)c2ccc3c(c2)OCCO3)c1. The molecule has 3 nitrogen and oxygen atoms in total. The number of ether oxygens (including phenoxy) is 2. The molecular weight excluding hydrogens is 262 g/mol. The molecule has 3 heteroatoms. The van der Waals surface area contributed by atoms with E-state index in [1.807, 2.05) is 6.07 Å². The van der Waals surface area contributed by atoms with Crippen LogP contribution in [0.15, 0.2) is 36.4 Å². The Morgan fingerprint density at radius 2 is 1.71 bits per heavy atom. The molecule has 0 amide bonds. The minimum absolute atomic E-state index is 0.210. The Labute approximate surface area is 125 Å². The normalized spacial score (nSPS) is 14.6. The fourth-order valence-corrected chi connectivity index (χ4v) is 2.54. The molecule has 21 heavy (non-hydrogen) atoms. The molecule has 1 atom stereocenters. The lowest BCUT2D eigenvalue weighted by atomic mass is 10.1. The number of fused-ring (bicyclic) bond motifs is 1. The molecule has 110 valence electrons. The van der Waals surface area contributed by atoms with E-state index >= 15 is 0 Å². The fourth-order valence-electron chi connectivity index (χ4n) is 2.54. The number of benzene rings is 2. The molecule has 0 aromatic heterocycles. The fraction of sp³-hybridized carbons (Fsp3) is 0.333. The molecule has 0 aliphatic carbocycles. The Bertz CT molecular complexity index is 652. The molecule has 0 spiro atoms. The number of hydrogen-bond donors (Lipinski definition) is 1. The average Bonchev–Trinajstić information content (AvgIpc) is 2.50. The Morgan fingerprint density at radius 1 is 0.952 bits per heavy atom. The number of rotatable bonds is 3. The molecule has 2 aromatic rings. The van der Waals surface area contributed by atoms with Gasteiger partial charge < -0.3 is 14.8 Å². The summed E-state index contributed by atoms with van der Waals surface area (Å²) in [5.74, 6) is 1.68. The van der Waals surface area contributed by atoms with Gasteiger partial charge in [-0.2, -0.15) is 0 Å². The van der Waals surface area contributed by atoms with E-state index in [2.05, 4.69) is 56.4 Å². The highest BCUT2D eigenvalue weighted by Gasteiger charge is 2.14. The van der Waals surface area contributed by atoms with Gasteiger partial charge in [-0.15, -0.1) is 0 Å². The van der Waals surface area contributed by atoms with E-state index in [9.17, 15) is 0 Å². The lowest BCUT2D eigenvalue weighted by Gasteiger charge is -2.22. The topological polar surface area (TPSA) is 30.5 Å². The molecule has 0 radical (unpaired) electrons. The van der Waals surface area contributed by atoms with Gasteiger partial charge in [-0.3, -0.25) is 0 Å². The minimum Gasteiger partial charge on any atom is -0.486 e. The molecule has 0 bridgehead atoms.